The lowest BCUT2D eigenvalue weighted by atomic mass is 10.0. The van der Waals surface area contributed by atoms with Gasteiger partial charge in [-0.25, -0.2) is 0 Å². The molecule has 2 rings (SSSR count). The number of hydrogen-bond donors (Lipinski definition) is 0. The van der Waals surface area contributed by atoms with E-state index in [-0.39, 0.29) is 0 Å². The minimum absolute atomic E-state index is 0.360. The predicted octanol–water partition coefficient (Wildman–Crippen LogP) is 3.23. The van der Waals surface area contributed by atoms with Gasteiger partial charge in [-0.3, -0.25) is 4.99 Å². The molecule has 0 amide bonds. The third kappa shape index (κ3) is 2.31. The van der Waals surface area contributed by atoms with E-state index in [0.29, 0.717) is 6.04 Å². The molecule has 17 heavy (non-hydrogen) atoms. The number of nitrogens with zero attached hydrogens (tertiary/aromatic N) is 2. The summed E-state index contributed by atoms with van der Waals surface area (Å²) in [5.41, 5.74) is 2.51. The van der Waals surface area contributed by atoms with Gasteiger partial charge in [-0.05, 0) is 19.9 Å². The van der Waals surface area contributed by atoms with Gasteiger partial charge >= 0.3 is 0 Å². The Morgan fingerprint density at radius 3 is 2.59 bits per heavy atom. The fraction of sp³-hybridized carbons (Fsp3) is 0.267. The molecule has 0 radical (unpaired) electrons. The SMILES string of the molecule is CN=C(c1ccccc1)N1C=CC=C(C)[C@@H]1C. The van der Waals surface area contributed by atoms with E-state index in [4.69, 9.17) is 0 Å². The molecule has 0 unspecified atom stereocenters. The van der Waals surface area contributed by atoms with Gasteiger partial charge in [0.25, 0.3) is 0 Å². The van der Waals surface area contributed by atoms with Crippen LogP contribution in [0.15, 0.2) is 59.2 Å². The summed E-state index contributed by atoms with van der Waals surface area (Å²) in [6.07, 6.45) is 6.32. The summed E-state index contributed by atoms with van der Waals surface area (Å²) in [5, 5.41) is 0. The van der Waals surface area contributed by atoms with Crippen molar-refractivity contribution >= 4 is 5.84 Å². The number of rotatable bonds is 1. The topological polar surface area (TPSA) is 15.6 Å². The normalized spacial score (nSPS) is 20.4. The van der Waals surface area contributed by atoms with E-state index in [1.165, 1.54) is 5.57 Å². The highest BCUT2D eigenvalue weighted by Gasteiger charge is 2.19. The van der Waals surface area contributed by atoms with Crippen molar-refractivity contribution in [2.45, 2.75) is 19.9 Å². The fourth-order valence-electron chi connectivity index (χ4n) is 2.01. The number of aliphatic imine (C=N–C) groups is 1. The zero-order valence-electron chi connectivity index (χ0n) is 10.6. The Kier molecular flexibility index (Phi) is 3.43. The van der Waals surface area contributed by atoms with Crippen LogP contribution in [0.1, 0.15) is 19.4 Å². The summed E-state index contributed by atoms with van der Waals surface area (Å²) in [7, 11) is 1.84. The molecule has 88 valence electrons. The second-order valence-electron chi connectivity index (χ2n) is 4.25. The van der Waals surface area contributed by atoms with Crippen molar-refractivity contribution in [1.29, 1.82) is 0 Å². The summed E-state index contributed by atoms with van der Waals surface area (Å²) in [6.45, 7) is 4.35. The van der Waals surface area contributed by atoms with Crippen LogP contribution in [-0.2, 0) is 0 Å². The second kappa shape index (κ2) is 5.00. The number of allylic oxidation sites excluding steroid dienone is 2. The second-order valence-corrected chi connectivity index (χ2v) is 4.25. The van der Waals surface area contributed by atoms with Crippen molar-refractivity contribution < 1.29 is 0 Å². The first-order valence-electron chi connectivity index (χ1n) is 5.89. The maximum atomic E-state index is 4.43. The zero-order valence-corrected chi connectivity index (χ0v) is 10.6. The van der Waals surface area contributed by atoms with E-state index in [2.05, 4.69) is 54.2 Å². The molecule has 0 fully saturated rings. The molecule has 0 saturated carbocycles. The number of amidine groups is 1. The molecule has 1 aromatic rings. The molecule has 2 nitrogen and oxygen atoms in total. The van der Waals surface area contributed by atoms with Crippen molar-refractivity contribution in [3.63, 3.8) is 0 Å². The van der Waals surface area contributed by atoms with Crippen LogP contribution in [0.4, 0.5) is 0 Å². The molecule has 1 heterocycles. The van der Waals surface area contributed by atoms with Crippen LogP contribution < -0.4 is 0 Å². The van der Waals surface area contributed by atoms with Crippen LogP contribution in [0.2, 0.25) is 0 Å². The molecule has 1 aromatic carbocycles. The zero-order chi connectivity index (χ0) is 12.3. The third-order valence-electron chi connectivity index (χ3n) is 3.17. The van der Waals surface area contributed by atoms with Gasteiger partial charge in [0.2, 0.25) is 0 Å². The van der Waals surface area contributed by atoms with E-state index in [0.717, 1.165) is 11.4 Å². The van der Waals surface area contributed by atoms with Crippen molar-refractivity contribution in [3.8, 4) is 0 Å². The highest BCUT2D eigenvalue weighted by Crippen LogP contribution is 2.19. The molecule has 1 aliphatic rings. The first kappa shape index (κ1) is 11.6. The monoisotopic (exact) mass is 226 g/mol. The van der Waals surface area contributed by atoms with E-state index in [1.807, 2.05) is 25.2 Å². The maximum Gasteiger partial charge on any atom is 0.135 e. The average Bonchev–Trinajstić information content (AvgIpc) is 2.37. The van der Waals surface area contributed by atoms with Crippen LogP contribution in [0, 0.1) is 0 Å². The van der Waals surface area contributed by atoms with Gasteiger partial charge < -0.3 is 4.90 Å². The van der Waals surface area contributed by atoms with Crippen LogP contribution in [-0.4, -0.2) is 23.8 Å². The minimum atomic E-state index is 0.360. The predicted molar refractivity (Wildman–Crippen MR) is 73.1 cm³/mol. The van der Waals surface area contributed by atoms with Gasteiger partial charge in [-0.15, -0.1) is 0 Å². The maximum absolute atomic E-state index is 4.43. The van der Waals surface area contributed by atoms with E-state index in [9.17, 15) is 0 Å². The van der Waals surface area contributed by atoms with Gasteiger partial charge in [0.1, 0.15) is 5.84 Å². The Balaban J connectivity index is 2.33. The largest absolute Gasteiger partial charge is 0.326 e. The van der Waals surface area contributed by atoms with E-state index in [1.54, 1.807) is 0 Å². The number of benzene rings is 1. The first-order valence-corrected chi connectivity index (χ1v) is 5.89. The lowest BCUT2D eigenvalue weighted by molar-refractivity contribution is 0.471. The Bertz CT molecular complexity index is 469. The molecule has 1 atom stereocenters. The minimum Gasteiger partial charge on any atom is -0.326 e. The van der Waals surface area contributed by atoms with Crippen molar-refractivity contribution in [1.82, 2.24) is 4.90 Å². The van der Waals surface area contributed by atoms with Gasteiger partial charge in [0, 0.05) is 18.8 Å². The molecule has 2 heteroatoms. The Hall–Kier alpha value is -1.83. The summed E-state index contributed by atoms with van der Waals surface area (Å²) in [4.78, 5) is 6.64. The highest BCUT2D eigenvalue weighted by molar-refractivity contribution is 5.99. The first-order chi connectivity index (χ1) is 8.24. The smallest absolute Gasteiger partial charge is 0.135 e. The lowest BCUT2D eigenvalue weighted by Gasteiger charge is -2.31. The van der Waals surface area contributed by atoms with Crippen LogP contribution in [0.5, 0.6) is 0 Å². The van der Waals surface area contributed by atoms with E-state index >= 15 is 0 Å². The van der Waals surface area contributed by atoms with Crippen molar-refractivity contribution in [3.05, 3.63) is 59.8 Å². The Morgan fingerprint density at radius 2 is 1.94 bits per heavy atom. The van der Waals surface area contributed by atoms with Crippen molar-refractivity contribution in [2.75, 3.05) is 7.05 Å². The molecular formula is C15H18N2. The Morgan fingerprint density at radius 1 is 1.24 bits per heavy atom. The van der Waals surface area contributed by atoms with Gasteiger partial charge in [-0.1, -0.05) is 42.0 Å². The van der Waals surface area contributed by atoms with Gasteiger partial charge in [0.05, 0.1) is 6.04 Å². The molecule has 0 spiro atoms. The van der Waals surface area contributed by atoms with Crippen molar-refractivity contribution in [2.24, 2.45) is 4.99 Å². The van der Waals surface area contributed by atoms with Crippen LogP contribution in [0.3, 0.4) is 0 Å². The Labute approximate surface area is 103 Å². The molecule has 1 aliphatic heterocycles. The molecular weight excluding hydrogens is 208 g/mol. The standard InChI is InChI=1S/C15H18N2/c1-12-8-7-11-17(13(12)2)15(16-3)14-9-5-4-6-10-14/h4-11,13H,1-3H3/t13-/m0/s1. The molecule has 0 N–H and O–H groups in total. The van der Waals surface area contributed by atoms with Gasteiger partial charge in [0.15, 0.2) is 0 Å². The fourth-order valence-corrected chi connectivity index (χ4v) is 2.01. The molecule has 0 bridgehead atoms. The summed E-state index contributed by atoms with van der Waals surface area (Å²) < 4.78 is 0. The molecule has 0 aromatic heterocycles. The summed E-state index contributed by atoms with van der Waals surface area (Å²) >= 11 is 0. The van der Waals surface area contributed by atoms with Crippen LogP contribution in [0.25, 0.3) is 0 Å². The van der Waals surface area contributed by atoms with E-state index < -0.39 is 0 Å². The summed E-state index contributed by atoms with van der Waals surface area (Å²) in [5.74, 6) is 1.02. The average molecular weight is 226 g/mol. The highest BCUT2D eigenvalue weighted by atomic mass is 15.2. The quantitative estimate of drug-likeness (QED) is 0.530. The molecule has 0 saturated heterocycles. The summed E-state index contributed by atoms with van der Waals surface area (Å²) in [6, 6.07) is 10.7. The van der Waals surface area contributed by atoms with Crippen LogP contribution >= 0.6 is 0 Å². The number of hydrogen-bond acceptors (Lipinski definition) is 1. The lowest BCUT2D eigenvalue weighted by Crippen LogP contribution is -2.36. The van der Waals surface area contributed by atoms with Gasteiger partial charge in [-0.2, -0.15) is 0 Å². The molecule has 0 aliphatic carbocycles. The third-order valence-corrected chi connectivity index (χ3v) is 3.17.